The van der Waals surface area contributed by atoms with Crippen LogP contribution in [0.4, 0.5) is 0 Å². The molecule has 0 atom stereocenters. The minimum Gasteiger partial charge on any atom is -0.489 e. The van der Waals surface area contributed by atoms with E-state index in [2.05, 4.69) is 6.07 Å². The summed E-state index contributed by atoms with van der Waals surface area (Å²) in [4.78, 5) is 10.6. The lowest BCUT2D eigenvalue weighted by Crippen LogP contribution is -2.00. The van der Waals surface area contributed by atoms with Crippen LogP contribution in [0.25, 0.3) is 0 Å². The second kappa shape index (κ2) is 6.05. The molecule has 98 valence electrons. The van der Waals surface area contributed by atoms with E-state index in [0.717, 1.165) is 16.9 Å². The highest BCUT2D eigenvalue weighted by molar-refractivity contribution is 5.70. The fourth-order valence-electron chi connectivity index (χ4n) is 1.85. The van der Waals surface area contributed by atoms with Crippen molar-refractivity contribution < 1.29 is 14.6 Å². The average molecular weight is 256 g/mol. The van der Waals surface area contributed by atoms with Gasteiger partial charge < -0.3 is 9.84 Å². The maximum Gasteiger partial charge on any atom is 0.307 e. The summed E-state index contributed by atoms with van der Waals surface area (Å²) in [6, 6.07) is 15.3. The Morgan fingerprint density at radius 3 is 2.47 bits per heavy atom. The zero-order chi connectivity index (χ0) is 13.7. The zero-order valence-corrected chi connectivity index (χ0v) is 10.8. The van der Waals surface area contributed by atoms with Gasteiger partial charge in [0.2, 0.25) is 0 Å². The van der Waals surface area contributed by atoms with Crippen LogP contribution < -0.4 is 4.74 Å². The molecule has 0 unspecified atom stereocenters. The van der Waals surface area contributed by atoms with Crippen molar-refractivity contribution in [1.29, 1.82) is 0 Å². The Morgan fingerprint density at radius 1 is 1.11 bits per heavy atom. The molecule has 2 rings (SSSR count). The van der Waals surface area contributed by atoms with Crippen molar-refractivity contribution in [1.82, 2.24) is 0 Å². The van der Waals surface area contributed by atoms with Gasteiger partial charge in [-0.2, -0.15) is 0 Å². The summed E-state index contributed by atoms with van der Waals surface area (Å²) in [6.45, 7) is 2.56. The fourth-order valence-corrected chi connectivity index (χ4v) is 1.85. The van der Waals surface area contributed by atoms with Crippen molar-refractivity contribution in [3.8, 4) is 5.75 Å². The monoisotopic (exact) mass is 256 g/mol. The Hall–Kier alpha value is -2.29. The number of ether oxygens (including phenoxy) is 1. The molecular formula is C16H16O3. The Balaban J connectivity index is 1.94. The Labute approximate surface area is 112 Å². The maximum atomic E-state index is 10.6. The smallest absolute Gasteiger partial charge is 0.307 e. The van der Waals surface area contributed by atoms with Crippen LogP contribution in [0.5, 0.6) is 5.75 Å². The van der Waals surface area contributed by atoms with E-state index in [1.54, 1.807) is 24.3 Å². The second-order valence-corrected chi connectivity index (χ2v) is 4.49. The molecular weight excluding hydrogens is 240 g/mol. The summed E-state index contributed by atoms with van der Waals surface area (Å²) in [5, 5.41) is 8.68. The van der Waals surface area contributed by atoms with Crippen molar-refractivity contribution in [2.75, 3.05) is 0 Å². The van der Waals surface area contributed by atoms with Gasteiger partial charge in [0.25, 0.3) is 0 Å². The van der Waals surface area contributed by atoms with E-state index in [-0.39, 0.29) is 6.42 Å². The van der Waals surface area contributed by atoms with Crippen molar-refractivity contribution in [3.05, 3.63) is 65.2 Å². The lowest BCUT2D eigenvalue weighted by molar-refractivity contribution is -0.136. The topological polar surface area (TPSA) is 46.5 Å². The molecule has 3 nitrogen and oxygen atoms in total. The minimum absolute atomic E-state index is 0.0398. The second-order valence-electron chi connectivity index (χ2n) is 4.49. The largest absolute Gasteiger partial charge is 0.489 e. The van der Waals surface area contributed by atoms with Crippen molar-refractivity contribution in [2.45, 2.75) is 20.0 Å². The molecule has 0 aliphatic heterocycles. The molecule has 0 radical (unpaired) electrons. The van der Waals surface area contributed by atoms with Crippen molar-refractivity contribution in [3.63, 3.8) is 0 Å². The Kier molecular flexibility index (Phi) is 4.18. The van der Waals surface area contributed by atoms with Crippen LogP contribution in [0.2, 0.25) is 0 Å². The number of carbonyl (C=O) groups is 1. The standard InChI is InChI=1S/C16H16O3/c1-12-3-2-4-14(9-12)11-19-15-7-5-13(6-8-15)10-16(17)18/h2-9H,10-11H2,1H3,(H,17,18). The van der Waals surface area contributed by atoms with Gasteiger partial charge in [0.1, 0.15) is 12.4 Å². The molecule has 1 N–H and O–H groups in total. The van der Waals surface area contributed by atoms with Crippen LogP contribution >= 0.6 is 0 Å². The minimum atomic E-state index is -0.826. The van der Waals surface area contributed by atoms with E-state index < -0.39 is 5.97 Å². The van der Waals surface area contributed by atoms with Crippen molar-refractivity contribution in [2.24, 2.45) is 0 Å². The van der Waals surface area contributed by atoms with Gasteiger partial charge in [0.05, 0.1) is 6.42 Å². The van der Waals surface area contributed by atoms with Gasteiger partial charge in [-0.05, 0) is 30.2 Å². The first kappa shape index (κ1) is 13.1. The van der Waals surface area contributed by atoms with Gasteiger partial charge in [-0.3, -0.25) is 4.79 Å². The van der Waals surface area contributed by atoms with Crippen LogP contribution in [0.1, 0.15) is 16.7 Å². The number of aliphatic carboxylic acids is 1. The lowest BCUT2D eigenvalue weighted by Gasteiger charge is -2.07. The normalized spacial score (nSPS) is 10.2. The molecule has 19 heavy (non-hydrogen) atoms. The molecule has 0 bridgehead atoms. The van der Waals surface area contributed by atoms with Gasteiger partial charge in [-0.1, -0.05) is 42.0 Å². The van der Waals surface area contributed by atoms with E-state index >= 15 is 0 Å². The Morgan fingerprint density at radius 2 is 1.84 bits per heavy atom. The molecule has 0 aromatic heterocycles. The zero-order valence-electron chi connectivity index (χ0n) is 10.8. The third kappa shape index (κ3) is 4.14. The van der Waals surface area contributed by atoms with Crippen LogP contribution in [-0.4, -0.2) is 11.1 Å². The van der Waals surface area contributed by atoms with E-state index in [0.29, 0.717) is 6.61 Å². The number of carboxylic acids is 1. The summed E-state index contributed by atoms with van der Waals surface area (Å²) < 4.78 is 5.66. The van der Waals surface area contributed by atoms with E-state index in [9.17, 15) is 4.79 Å². The summed E-state index contributed by atoms with van der Waals surface area (Å²) in [5.74, 6) is -0.0796. The SMILES string of the molecule is Cc1cccc(COc2ccc(CC(=O)O)cc2)c1. The first-order valence-corrected chi connectivity index (χ1v) is 6.12. The molecule has 2 aromatic carbocycles. The van der Waals surface area contributed by atoms with Crippen LogP contribution in [0, 0.1) is 6.92 Å². The number of hydrogen-bond acceptors (Lipinski definition) is 2. The first-order valence-electron chi connectivity index (χ1n) is 6.12. The number of rotatable bonds is 5. The number of carboxylic acid groups (broad SMARTS) is 1. The number of hydrogen-bond donors (Lipinski definition) is 1. The molecule has 0 spiro atoms. The number of benzene rings is 2. The van der Waals surface area contributed by atoms with Crippen LogP contribution in [0.15, 0.2) is 48.5 Å². The van der Waals surface area contributed by atoms with Crippen molar-refractivity contribution >= 4 is 5.97 Å². The predicted octanol–water partition coefficient (Wildman–Crippen LogP) is 3.20. The predicted molar refractivity (Wildman–Crippen MR) is 73.3 cm³/mol. The highest BCUT2D eigenvalue weighted by atomic mass is 16.5. The third-order valence-electron chi connectivity index (χ3n) is 2.77. The summed E-state index contributed by atoms with van der Waals surface area (Å²) >= 11 is 0. The van der Waals surface area contributed by atoms with Gasteiger partial charge in [-0.15, -0.1) is 0 Å². The van der Waals surface area contributed by atoms with Gasteiger partial charge in [-0.25, -0.2) is 0 Å². The summed E-state index contributed by atoms with van der Waals surface area (Å²) in [6.07, 6.45) is 0.0398. The van der Waals surface area contributed by atoms with Crippen LogP contribution in [0.3, 0.4) is 0 Å². The maximum absolute atomic E-state index is 10.6. The van der Waals surface area contributed by atoms with E-state index in [4.69, 9.17) is 9.84 Å². The fraction of sp³-hybridized carbons (Fsp3) is 0.188. The molecule has 0 amide bonds. The molecule has 0 fully saturated rings. The molecule has 0 aliphatic rings. The highest BCUT2D eigenvalue weighted by Gasteiger charge is 2.01. The lowest BCUT2D eigenvalue weighted by atomic mass is 10.1. The number of aryl methyl sites for hydroxylation is 1. The van der Waals surface area contributed by atoms with Gasteiger partial charge >= 0.3 is 5.97 Å². The molecule has 0 heterocycles. The molecule has 0 aliphatic carbocycles. The molecule has 3 heteroatoms. The summed E-state index contributed by atoms with van der Waals surface area (Å²) in [7, 11) is 0. The summed E-state index contributed by atoms with van der Waals surface area (Å²) in [5.41, 5.74) is 3.10. The average Bonchev–Trinajstić information content (AvgIpc) is 2.37. The first-order chi connectivity index (χ1) is 9.13. The third-order valence-corrected chi connectivity index (χ3v) is 2.77. The van der Waals surface area contributed by atoms with Gasteiger partial charge in [0, 0.05) is 0 Å². The van der Waals surface area contributed by atoms with E-state index in [1.807, 2.05) is 25.1 Å². The molecule has 2 aromatic rings. The van der Waals surface area contributed by atoms with Gasteiger partial charge in [0.15, 0.2) is 0 Å². The molecule has 0 saturated heterocycles. The highest BCUT2D eigenvalue weighted by Crippen LogP contribution is 2.15. The van der Waals surface area contributed by atoms with E-state index in [1.165, 1.54) is 5.56 Å². The molecule has 0 saturated carbocycles. The Bertz CT molecular complexity index is 558. The van der Waals surface area contributed by atoms with Crippen LogP contribution in [-0.2, 0) is 17.8 Å². The quantitative estimate of drug-likeness (QED) is 0.893.